The third kappa shape index (κ3) is 6.82. The number of ether oxygens (including phenoxy) is 2. The monoisotopic (exact) mass is 616 g/mol. The highest BCUT2D eigenvalue weighted by Crippen LogP contribution is 2.39. The molecule has 0 radical (unpaired) electrons. The Labute approximate surface area is 245 Å². The number of carbonyl (C=O) groups excluding carboxylic acids is 3. The lowest BCUT2D eigenvalue weighted by molar-refractivity contribution is -0.394. The first kappa shape index (κ1) is 30.0. The molecule has 1 N–H and O–H groups in total. The average molecular weight is 617 g/mol. The summed E-state index contributed by atoms with van der Waals surface area (Å²) in [7, 11) is 0. The van der Waals surface area contributed by atoms with Crippen molar-refractivity contribution in [1.82, 2.24) is 4.90 Å². The fourth-order valence-electron chi connectivity index (χ4n) is 3.64. The van der Waals surface area contributed by atoms with Crippen LogP contribution in [0, 0.1) is 26.0 Å². The van der Waals surface area contributed by atoms with Gasteiger partial charge in [-0.25, -0.2) is 4.39 Å². The lowest BCUT2D eigenvalue weighted by atomic mass is 10.1. The van der Waals surface area contributed by atoms with Crippen LogP contribution in [0.1, 0.15) is 12.5 Å². The molecular weight excluding hydrogens is 599 g/mol. The first-order valence-electron chi connectivity index (χ1n) is 11.8. The Balaban J connectivity index is 1.52. The summed E-state index contributed by atoms with van der Waals surface area (Å²) in [4.78, 5) is 59.4. The quantitative estimate of drug-likeness (QED) is 0.158. The fraction of sp³-hybridized carbons (Fsp3) is 0.115. The summed E-state index contributed by atoms with van der Waals surface area (Å²) in [5.74, 6) is -2.18. The number of non-ortho nitro benzene ring substituents is 1. The van der Waals surface area contributed by atoms with Crippen molar-refractivity contribution >= 4 is 63.6 Å². The molecular formula is C26H18ClFN4O9S. The first-order chi connectivity index (χ1) is 20.0. The third-order valence-corrected chi connectivity index (χ3v) is 6.71. The standard InChI is InChI=1S/C26H18ClFN4O9S/c1-2-40-22-9-14(3-7-21(22)41-20-8-5-16(31(36)37)12-19(20)32(38)39)10-23-25(34)30(26(35)42-23)13-24(33)29-15-4-6-18(28)17(27)11-15/h3-12H,2,13H2,1H3,(H,29,33)/b23-10+. The summed E-state index contributed by atoms with van der Waals surface area (Å²) >= 11 is 6.31. The Morgan fingerprint density at radius 3 is 2.45 bits per heavy atom. The molecule has 0 unspecified atom stereocenters. The van der Waals surface area contributed by atoms with Crippen LogP contribution in [0.2, 0.25) is 5.02 Å². The second-order valence-corrected chi connectivity index (χ2v) is 9.75. The number of amides is 3. The zero-order chi connectivity index (χ0) is 30.6. The summed E-state index contributed by atoms with van der Waals surface area (Å²) in [5, 5.41) is 24.0. The Kier molecular flexibility index (Phi) is 9.02. The molecule has 3 amide bonds. The highest BCUT2D eigenvalue weighted by Gasteiger charge is 2.36. The molecule has 16 heteroatoms. The number of thioether (sulfide) groups is 1. The summed E-state index contributed by atoms with van der Waals surface area (Å²) in [6, 6.07) is 10.8. The molecule has 1 fully saturated rings. The van der Waals surface area contributed by atoms with Crippen LogP contribution < -0.4 is 14.8 Å². The van der Waals surface area contributed by atoms with Gasteiger partial charge >= 0.3 is 5.69 Å². The van der Waals surface area contributed by atoms with Crippen molar-refractivity contribution < 1.29 is 38.1 Å². The maximum absolute atomic E-state index is 13.3. The highest BCUT2D eigenvalue weighted by atomic mass is 35.5. The van der Waals surface area contributed by atoms with Crippen molar-refractivity contribution in [2.24, 2.45) is 0 Å². The zero-order valence-corrected chi connectivity index (χ0v) is 22.9. The second kappa shape index (κ2) is 12.7. The molecule has 0 bridgehead atoms. The number of carbonyl (C=O) groups is 3. The van der Waals surface area contributed by atoms with Gasteiger partial charge in [-0.3, -0.25) is 39.5 Å². The van der Waals surface area contributed by atoms with E-state index >= 15 is 0 Å². The van der Waals surface area contributed by atoms with Crippen LogP contribution in [0.25, 0.3) is 6.08 Å². The predicted molar refractivity (Wildman–Crippen MR) is 150 cm³/mol. The normalized spacial score (nSPS) is 13.8. The van der Waals surface area contributed by atoms with Crippen molar-refractivity contribution in [3.63, 3.8) is 0 Å². The molecule has 0 spiro atoms. The van der Waals surface area contributed by atoms with Gasteiger partial charge in [0.25, 0.3) is 16.8 Å². The predicted octanol–water partition coefficient (Wildman–Crippen LogP) is 6.16. The number of nitro groups is 2. The van der Waals surface area contributed by atoms with E-state index in [9.17, 15) is 39.0 Å². The van der Waals surface area contributed by atoms with Crippen molar-refractivity contribution in [3.8, 4) is 17.2 Å². The number of nitrogens with zero attached hydrogens (tertiary/aromatic N) is 3. The number of benzene rings is 3. The van der Waals surface area contributed by atoms with E-state index in [-0.39, 0.29) is 39.5 Å². The molecule has 42 heavy (non-hydrogen) atoms. The Morgan fingerprint density at radius 2 is 1.79 bits per heavy atom. The smallest absolute Gasteiger partial charge is 0.318 e. The van der Waals surface area contributed by atoms with E-state index in [4.69, 9.17) is 21.1 Å². The van der Waals surface area contributed by atoms with Crippen LogP contribution in [0.4, 0.5) is 26.2 Å². The summed E-state index contributed by atoms with van der Waals surface area (Å²) in [6.45, 7) is 1.26. The van der Waals surface area contributed by atoms with Crippen LogP contribution in [-0.4, -0.2) is 45.0 Å². The van der Waals surface area contributed by atoms with E-state index in [2.05, 4.69) is 5.32 Å². The number of hydrogen-bond donors (Lipinski definition) is 1. The number of rotatable bonds is 10. The lowest BCUT2D eigenvalue weighted by Crippen LogP contribution is -2.36. The Hall–Kier alpha value is -5.02. The van der Waals surface area contributed by atoms with Crippen molar-refractivity contribution in [2.75, 3.05) is 18.5 Å². The van der Waals surface area contributed by atoms with E-state index in [0.717, 1.165) is 29.2 Å². The number of anilines is 1. The number of hydrogen-bond acceptors (Lipinski definition) is 10. The molecule has 3 aromatic carbocycles. The van der Waals surface area contributed by atoms with Crippen LogP contribution >= 0.6 is 23.4 Å². The van der Waals surface area contributed by atoms with Crippen LogP contribution in [-0.2, 0) is 9.59 Å². The fourth-order valence-corrected chi connectivity index (χ4v) is 4.66. The van der Waals surface area contributed by atoms with Crippen LogP contribution in [0.5, 0.6) is 17.2 Å². The van der Waals surface area contributed by atoms with Gasteiger partial charge < -0.3 is 14.8 Å². The summed E-state index contributed by atoms with van der Waals surface area (Å²) < 4.78 is 24.6. The van der Waals surface area contributed by atoms with E-state index < -0.39 is 50.6 Å². The largest absolute Gasteiger partial charge is 0.490 e. The van der Waals surface area contributed by atoms with E-state index in [1.807, 2.05) is 0 Å². The average Bonchev–Trinajstić information content (AvgIpc) is 3.19. The number of nitro benzene ring substituents is 2. The molecule has 216 valence electrons. The molecule has 3 aromatic rings. The minimum atomic E-state index is -0.817. The zero-order valence-electron chi connectivity index (χ0n) is 21.4. The number of halogens is 2. The van der Waals surface area contributed by atoms with E-state index in [1.54, 1.807) is 6.92 Å². The van der Waals surface area contributed by atoms with E-state index in [0.29, 0.717) is 17.3 Å². The maximum Gasteiger partial charge on any atom is 0.318 e. The molecule has 1 aliphatic heterocycles. The first-order valence-corrected chi connectivity index (χ1v) is 13.0. The summed E-state index contributed by atoms with van der Waals surface area (Å²) in [5.41, 5.74) is -0.532. The van der Waals surface area contributed by atoms with Crippen molar-refractivity contribution in [2.45, 2.75) is 6.92 Å². The van der Waals surface area contributed by atoms with Gasteiger partial charge in [-0.15, -0.1) is 0 Å². The Bertz CT molecular complexity index is 1670. The van der Waals surface area contributed by atoms with Gasteiger partial charge in [0, 0.05) is 11.8 Å². The minimum Gasteiger partial charge on any atom is -0.490 e. The van der Waals surface area contributed by atoms with Crippen molar-refractivity contribution in [1.29, 1.82) is 0 Å². The second-order valence-electron chi connectivity index (χ2n) is 8.35. The van der Waals surface area contributed by atoms with Gasteiger partial charge in [0.05, 0.1) is 32.4 Å². The maximum atomic E-state index is 13.3. The van der Waals surface area contributed by atoms with Gasteiger partial charge in [0.2, 0.25) is 11.7 Å². The molecule has 0 saturated carbocycles. The minimum absolute atomic E-state index is 0.0137. The Morgan fingerprint density at radius 1 is 1.05 bits per heavy atom. The third-order valence-electron chi connectivity index (χ3n) is 5.51. The number of nitrogens with one attached hydrogen (secondary N) is 1. The van der Waals surface area contributed by atoms with Crippen molar-refractivity contribution in [3.05, 3.63) is 96.1 Å². The highest BCUT2D eigenvalue weighted by molar-refractivity contribution is 8.18. The molecule has 1 aliphatic rings. The van der Waals surface area contributed by atoms with Gasteiger partial charge in [0.1, 0.15) is 12.4 Å². The molecule has 4 rings (SSSR count). The van der Waals surface area contributed by atoms with Gasteiger partial charge in [-0.1, -0.05) is 17.7 Å². The summed E-state index contributed by atoms with van der Waals surface area (Å²) in [6.07, 6.45) is 1.39. The molecule has 0 aromatic heterocycles. The topological polar surface area (TPSA) is 171 Å². The van der Waals surface area contributed by atoms with Crippen LogP contribution in [0.15, 0.2) is 59.5 Å². The molecule has 13 nitrogen and oxygen atoms in total. The lowest BCUT2D eigenvalue weighted by Gasteiger charge is -2.13. The SMILES string of the molecule is CCOc1cc(/C=C2/SC(=O)N(CC(=O)Nc3ccc(F)c(Cl)c3)C2=O)ccc1Oc1ccc([N+](=O)[O-])cc1[N+](=O)[O-]. The van der Waals surface area contributed by atoms with Crippen LogP contribution in [0.3, 0.4) is 0 Å². The van der Waals surface area contributed by atoms with E-state index in [1.165, 1.54) is 36.4 Å². The molecule has 0 aliphatic carbocycles. The molecule has 0 atom stereocenters. The van der Waals surface area contributed by atoms with Gasteiger partial charge in [-0.2, -0.15) is 0 Å². The molecule has 1 heterocycles. The number of imide groups is 1. The molecule has 1 saturated heterocycles. The van der Waals surface area contributed by atoms with Gasteiger partial charge in [0.15, 0.2) is 11.5 Å². The van der Waals surface area contributed by atoms with Gasteiger partial charge in [-0.05, 0) is 66.7 Å².